The Bertz CT molecular complexity index is 337. The van der Waals surface area contributed by atoms with E-state index in [1.165, 1.54) is 7.11 Å². The van der Waals surface area contributed by atoms with Gasteiger partial charge in [0.05, 0.1) is 18.8 Å². The summed E-state index contributed by atoms with van der Waals surface area (Å²) in [4.78, 5) is 21.8. The number of methoxy groups -OCH3 is 1. The quantitative estimate of drug-likeness (QED) is 0.480. The van der Waals surface area contributed by atoms with E-state index in [0.29, 0.717) is 5.57 Å². The number of rotatable bonds is 1. The SMILES string of the molecule is COC(=O)C1=CC2(C)OOC1(C)OC2C. The number of carbonyl (C=O) groups excluding carboxylic acids is 1. The molecule has 84 valence electrons. The summed E-state index contributed by atoms with van der Waals surface area (Å²) in [6.45, 7) is 5.29. The van der Waals surface area contributed by atoms with Gasteiger partial charge in [0.15, 0.2) is 0 Å². The Morgan fingerprint density at radius 3 is 2.67 bits per heavy atom. The molecule has 5 heteroatoms. The number of carbonyl (C=O) groups is 1. The molecule has 0 N–H and O–H groups in total. The summed E-state index contributed by atoms with van der Waals surface area (Å²) in [6, 6.07) is 0. The Kier molecular flexibility index (Phi) is 2.15. The van der Waals surface area contributed by atoms with Crippen molar-refractivity contribution in [3.8, 4) is 0 Å². The molecular weight excluding hydrogens is 200 g/mol. The van der Waals surface area contributed by atoms with Crippen molar-refractivity contribution in [2.45, 2.75) is 38.3 Å². The van der Waals surface area contributed by atoms with Gasteiger partial charge >= 0.3 is 5.97 Å². The van der Waals surface area contributed by atoms with Gasteiger partial charge in [0.1, 0.15) is 5.60 Å². The highest BCUT2D eigenvalue weighted by Crippen LogP contribution is 2.43. The van der Waals surface area contributed by atoms with Gasteiger partial charge in [-0.3, -0.25) is 0 Å². The van der Waals surface area contributed by atoms with E-state index < -0.39 is 17.4 Å². The average molecular weight is 214 g/mol. The molecule has 3 rings (SSSR count). The Labute approximate surface area is 87.9 Å². The predicted molar refractivity (Wildman–Crippen MR) is 49.6 cm³/mol. The van der Waals surface area contributed by atoms with Crippen LogP contribution in [0.2, 0.25) is 0 Å². The van der Waals surface area contributed by atoms with Crippen LogP contribution in [-0.2, 0) is 24.0 Å². The number of esters is 1. The third-order valence-electron chi connectivity index (χ3n) is 2.91. The molecule has 1 fully saturated rings. The summed E-state index contributed by atoms with van der Waals surface area (Å²) in [5.41, 5.74) is -0.391. The summed E-state index contributed by atoms with van der Waals surface area (Å²) >= 11 is 0. The van der Waals surface area contributed by atoms with Crippen LogP contribution in [0.3, 0.4) is 0 Å². The van der Waals surface area contributed by atoms with E-state index in [1.807, 2.05) is 6.92 Å². The Morgan fingerprint density at radius 2 is 2.13 bits per heavy atom. The molecular formula is C10H14O5. The fourth-order valence-electron chi connectivity index (χ4n) is 1.73. The number of fused-ring (bicyclic) bond motifs is 2. The summed E-state index contributed by atoms with van der Waals surface area (Å²) in [6.07, 6.45) is 1.53. The minimum atomic E-state index is -1.16. The zero-order valence-corrected chi connectivity index (χ0v) is 9.20. The predicted octanol–water partition coefficient (Wildman–Crippen LogP) is 0.941. The van der Waals surface area contributed by atoms with Crippen molar-refractivity contribution >= 4 is 5.97 Å². The zero-order chi connectivity index (χ0) is 11.3. The molecule has 15 heavy (non-hydrogen) atoms. The van der Waals surface area contributed by atoms with E-state index in [1.54, 1.807) is 19.9 Å². The van der Waals surface area contributed by atoms with Crippen LogP contribution in [0.4, 0.5) is 0 Å². The lowest BCUT2D eigenvalue weighted by molar-refractivity contribution is -0.508. The van der Waals surface area contributed by atoms with Crippen LogP contribution in [-0.4, -0.2) is 30.6 Å². The van der Waals surface area contributed by atoms with Crippen molar-refractivity contribution in [1.29, 1.82) is 0 Å². The largest absolute Gasteiger partial charge is 0.466 e. The van der Waals surface area contributed by atoms with E-state index in [9.17, 15) is 4.79 Å². The fourth-order valence-corrected chi connectivity index (χ4v) is 1.73. The molecule has 3 heterocycles. The first-order chi connectivity index (χ1) is 6.91. The topological polar surface area (TPSA) is 54.0 Å². The van der Waals surface area contributed by atoms with Crippen LogP contribution < -0.4 is 0 Å². The van der Waals surface area contributed by atoms with Gasteiger partial charge in [0, 0.05) is 0 Å². The second kappa shape index (κ2) is 3.04. The molecule has 3 unspecified atom stereocenters. The highest BCUT2D eigenvalue weighted by molar-refractivity contribution is 5.90. The Hall–Kier alpha value is -0.910. The molecule has 3 atom stereocenters. The van der Waals surface area contributed by atoms with Crippen LogP contribution in [0, 0.1) is 0 Å². The monoisotopic (exact) mass is 214 g/mol. The average Bonchev–Trinajstić information content (AvgIpc) is 2.19. The van der Waals surface area contributed by atoms with Crippen molar-refractivity contribution < 1.29 is 24.0 Å². The lowest BCUT2D eigenvalue weighted by atomic mass is 9.89. The number of ether oxygens (including phenoxy) is 2. The van der Waals surface area contributed by atoms with E-state index >= 15 is 0 Å². The van der Waals surface area contributed by atoms with Crippen molar-refractivity contribution in [3.63, 3.8) is 0 Å². The molecule has 0 aliphatic carbocycles. The standard InChI is InChI=1S/C10H14O5/c1-6-9(2)5-7(8(11)12-4)10(3,13-6)15-14-9/h5-6H,1-4H3. The van der Waals surface area contributed by atoms with Crippen molar-refractivity contribution in [2.24, 2.45) is 0 Å². The highest BCUT2D eigenvalue weighted by atomic mass is 17.3. The minimum absolute atomic E-state index is 0.176. The van der Waals surface area contributed by atoms with Gasteiger partial charge < -0.3 is 9.47 Å². The molecule has 2 bridgehead atoms. The van der Waals surface area contributed by atoms with Gasteiger partial charge in [-0.25, -0.2) is 9.68 Å². The third kappa shape index (κ3) is 1.39. The first kappa shape index (κ1) is 10.6. The van der Waals surface area contributed by atoms with Crippen LogP contribution in [0.25, 0.3) is 0 Å². The maximum Gasteiger partial charge on any atom is 0.339 e. The molecule has 0 aromatic heterocycles. The summed E-state index contributed by atoms with van der Waals surface area (Å²) in [5.74, 6) is -1.62. The summed E-state index contributed by atoms with van der Waals surface area (Å²) < 4.78 is 10.3. The fraction of sp³-hybridized carbons (Fsp3) is 0.700. The summed E-state index contributed by atoms with van der Waals surface area (Å²) in [5, 5.41) is 0. The van der Waals surface area contributed by atoms with Crippen molar-refractivity contribution in [2.75, 3.05) is 7.11 Å². The molecule has 3 aliphatic heterocycles. The first-order valence-electron chi connectivity index (χ1n) is 4.77. The van der Waals surface area contributed by atoms with Gasteiger partial charge in [-0.05, 0) is 26.8 Å². The van der Waals surface area contributed by atoms with Gasteiger partial charge in [0.25, 0.3) is 0 Å². The smallest absolute Gasteiger partial charge is 0.339 e. The van der Waals surface area contributed by atoms with Gasteiger partial charge in [0.2, 0.25) is 5.79 Å². The zero-order valence-electron chi connectivity index (χ0n) is 9.20. The van der Waals surface area contributed by atoms with Crippen molar-refractivity contribution in [3.05, 3.63) is 11.6 Å². The van der Waals surface area contributed by atoms with E-state index in [-0.39, 0.29) is 6.10 Å². The second-order valence-electron chi connectivity index (χ2n) is 4.11. The van der Waals surface area contributed by atoms with E-state index in [4.69, 9.17) is 14.5 Å². The molecule has 0 aromatic carbocycles. The molecule has 3 aliphatic rings. The lowest BCUT2D eigenvalue weighted by Gasteiger charge is -2.49. The summed E-state index contributed by atoms with van der Waals surface area (Å²) in [7, 11) is 1.32. The number of hydrogen-bond donors (Lipinski definition) is 0. The third-order valence-corrected chi connectivity index (χ3v) is 2.91. The van der Waals surface area contributed by atoms with Gasteiger partial charge in [-0.2, -0.15) is 4.89 Å². The Morgan fingerprint density at radius 1 is 1.47 bits per heavy atom. The first-order valence-corrected chi connectivity index (χ1v) is 4.77. The number of hydrogen-bond acceptors (Lipinski definition) is 5. The minimum Gasteiger partial charge on any atom is -0.466 e. The molecule has 0 radical (unpaired) electrons. The molecule has 0 aromatic rings. The van der Waals surface area contributed by atoms with Gasteiger partial charge in [-0.1, -0.05) is 0 Å². The lowest BCUT2D eigenvalue weighted by Crippen LogP contribution is -2.60. The normalized spacial score (nSPS) is 43.7. The maximum absolute atomic E-state index is 11.5. The second-order valence-corrected chi connectivity index (χ2v) is 4.11. The molecule has 5 nitrogen and oxygen atoms in total. The highest BCUT2D eigenvalue weighted by Gasteiger charge is 2.55. The molecule has 0 spiro atoms. The molecule has 0 saturated carbocycles. The van der Waals surface area contributed by atoms with Crippen LogP contribution in [0.15, 0.2) is 11.6 Å². The van der Waals surface area contributed by atoms with E-state index in [2.05, 4.69) is 4.74 Å². The van der Waals surface area contributed by atoms with Crippen LogP contribution in [0.1, 0.15) is 20.8 Å². The van der Waals surface area contributed by atoms with Crippen LogP contribution in [0.5, 0.6) is 0 Å². The maximum atomic E-state index is 11.5. The molecule has 0 amide bonds. The van der Waals surface area contributed by atoms with Crippen molar-refractivity contribution in [1.82, 2.24) is 0 Å². The van der Waals surface area contributed by atoms with Gasteiger partial charge in [-0.15, -0.1) is 0 Å². The Balaban J connectivity index is 2.44. The van der Waals surface area contributed by atoms with E-state index in [0.717, 1.165) is 0 Å². The molecule has 1 saturated heterocycles. The van der Waals surface area contributed by atoms with Crippen LogP contribution >= 0.6 is 0 Å².